The molecule has 0 saturated carbocycles. The van der Waals surface area contributed by atoms with Gasteiger partial charge < -0.3 is 14.8 Å². The molecule has 2 rings (SSSR count). The third kappa shape index (κ3) is 3.96. The Morgan fingerprint density at radius 3 is 2.25 bits per heavy atom. The molecule has 0 radical (unpaired) electrons. The van der Waals surface area contributed by atoms with Gasteiger partial charge in [-0.1, -0.05) is 18.1 Å². The van der Waals surface area contributed by atoms with Crippen LogP contribution in [0, 0.1) is 12.3 Å². The zero-order valence-corrected chi connectivity index (χ0v) is 11.4. The van der Waals surface area contributed by atoms with Crippen molar-refractivity contribution >= 4 is 5.69 Å². The van der Waals surface area contributed by atoms with Gasteiger partial charge in [0.25, 0.3) is 0 Å². The molecule has 2 aromatic rings. The Labute approximate surface area is 119 Å². The Morgan fingerprint density at radius 1 is 1.00 bits per heavy atom. The fourth-order valence-electron chi connectivity index (χ4n) is 1.74. The molecule has 3 nitrogen and oxygen atoms in total. The van der Waals surface area contributed by atoms with E-state index < -0.39 is 0 Å². The van der Waals surface area contributed by atoms with Gasteiger partial charge in [0.1, 0.15) is 18.1 Å². The first-order chi connectivity index (χ1) is 9.81. The molecule has 3 heteroatoms. The molecule has 0 aliphatic heterocycles. The monoisotopic (exact) mass is 267 g/mol. The van der Waals surface area contributed by atoms with Gasteiger partial charge in [0.2, 0.25) is 0 Å². The van der Waals surface area contributed by atoms with Gasteiger partial charge in [-0.3, -0.25) is 0 Å². The predicted octanol–water partition coefficient (Wildman–Crippen LogP) is 3.32. The van der Waals surface area contributed by atoms with Gasteiger partial charge in [0.15, 0.2) is 0 Å². The zero-order chi connectivity index (χ0) is 14.2. The lowest BCUT2D eigenvalue weighted by molar-refractivity contribution is 0.370. The molecule has 0 atom stereocenters. The lowest BCUT2D eigenvalue weighted by Gasteiger charge is -2.08. The van der Waals surface area contributed by atoms with Gasteiger partial charge >= 0.3 is 0 Å². The first-order valence-electron chi connectivity index (χ1n) is 6.35. The smallest absolute Gasteiger partial charge is 0.148 e. The van der Waals surface area contributed by atoms with Crippen LogP contribution in [0.2, 0.25) is 0 Å². The SMILES string of the molecule is C#CCOc1ccc(CNc2ccc(OC)cc2)cc1. The average Bonchev–Trinajstić information content (AvgIpc) is 2.52. The van der Waals surface area contributed by atoms with Gasteiger partial charge in [-0.25, -0.2) is 0 Å². The topological polar surface area (TPSA) is 30.5 Å². The number of anilines is 1. The van der Waals surface area contributed by atoms with Crippen molar-refractivity contribution in [2.24, 2.45) is 0 Å². The van der Waals surface area contributed by atoms with E-state index in [1.54, 1.807) is 7.11 Å². The molecule has 0 aromatic heterocycles. The second-order valence-corrected chi connectivity index (χ2v) is 4.22. The minimum atomic E-state index is 0.295. The highest BCUT2D eigenvalue weighted by atomic mass is 16.5. The van der Waals surface area contributed by atoms with Gasteiger partial charge in [-0.2, -0.15) is 0 Å². The van der Waals surface area contributed by atoms with Crippen molar-refractivity contribution in [3.8, 4) is 23.8 Å². The van der Waals surface area contributed by atoms with E-state index >= 15 is 0 Å². The van der Waals surface area contributed by atoms with Crippen LogP contribution in [0.3, 0.4) is 0 Å². The molecular formula is C17H17NO2. The van der Waals surface area contributed by atoms with Crippen LogP contribution in [0.25, 0.3) is 0 Å². The van der Waals surface area contributed by atoms with Crippen LogP contribution >= 0.6 is 0 Å². The van der Waals surface area contributed by atoms with Crippen LogP contribution in [0.15, 0.2) is 48.5 Å². The third-order valence-corrected chi connectivity index (χ3v) is 2.83. The predicted molar refractivity (Wildman–Crippen MR) is 81.1 cm³/mol. The molecule has 0 aliphatic carbocycles. The van der Waals surface area contributed by atoms with Gasteiger partial charge in [-0.05, 0) is 42.0 Å². The standard InChI is InChI=1S/C17H17NO2/c1-3-12-20-17-8-4-14(5-9-17)13-18-15-6-10-16(19-2)11-7-15/h1,4-11,18H,12-13H2,2H3. The van der Waals surface area contributed by atoms with Gasteiger partial charge in [-0.15, -0.1) is 6.42 Å². The van der Waals surface area contributed by atoms with Crippen LogP contribution in [0.5, 0.6) is 11.5 Å². The summed E-state index contributed by atoms with van der Waals surface area (Å²) in [5.41, 5.74) is 2.23. The summed E-state index contributed by atoms with van der Waals surface area (Å²) in [6.07, 6.45) is 5.15. The molecular weight excluding hydrogens is 250 g/mol. The Morgan fingerprint density at radius 2 is 1.65 bits per heavy atom. The van der Waals surface area contributed by atoms with Crippen molar-refractivity contribution in [3.63, 3.8) is 0 Å². The maximum Gasteiger partial charge on any atom is 0.148 e. The number of ether oxygens (including phenoxy) is 2. The Kier molecular flexibility index (Phi) is 4.91. The van der Waals surface area contributed by atoms with Crippen LogP contribution < -0.4 is 14.8 Å². The van der Waals surface area contributed by atoms with E-state index in [-0.39, 0.29) is 0 Å². The number of rotatable bonds is 6. The van der Waals surface area contributed by atoms with E-state index in [1.807, 2.05) is 48.5 Å². The van der Waals surface area contributed by atoms with E-state index in [9.17, 15) is 0 Å². The van der Waals surface area contributed by atoms with Crippen LogP contribution in [0.1, 0.15) is 5.56 Å². The lowest BCUT2D eigenvalue weighted by atomic mass is 10.2. The van der Waals surface area contributed by atoms with Gasteiger partial charge in [0.05, 0.1) is 7.11 Å². The molecule has 2 aromatic carbocycles. The average molecular weight is 267 g/mol. The quantitative estimate of drug-likeness (QED) is 0.814. The van der Waals surface area contributed by atoms with E-state index in [0.717, 1.165) is 23.7 Å². The number of terminal acetylenes is 1. The highest BCUT2D eigenvalue weighted by Gasteiger charge is 1.97. The molecule has 0 aliphatic rings. The fourth-order valence-corrected chi connectivity index (χ4v) is 1.74. The van der Waals surface area contributed by atoms with Crippen molar-refractivity contribution in [2.45, 2.75) is 6.54 Å². The Bertz CT molecular complexity index is 567. The van der Waals surface area contributed by atoms with Crippen molar-refractivity contribution in [1.29, 1.82) is 0 Å². The number of nitrogens with one attached hydrogen (secondary N) is 1. The normalized spacial score (nSPS) is 9.60. The second kappa shape index (κ2) is 7.10. The first kappa shape index (κ1) is 13.8. The summed E-state index contributed by atoms with van der Waals surface area (Å²) in [5, 5.41) is 3.35. The maximum absolute atomic E-state index is 5.33. The molecule has 0 heterocycles. The maximum atomic E-state index is 5.33. The van der Waals surface area contributed by atoms with E-state index in [1.165, 1.54) is 5.56 Å². The zero-order valence-electron chi connectivity index (χ0n) is 11.4. The highest BCUT2D eigenvalue weighted by molar-refractivity contribution is 5.47. The summed E-state index contributed by atoms with van der Waals surface area (Å²) in [4.78, 5) is 0. The van der Waals surface area contributed by atoms with Gasteiger partial charge in [0, 0.05) is 12.2 Å². The van der Waals surface area contributed by atoms with Crippen LogP contribution in [-0.4, -0.2) is 13.7 Å². The summed E-state index contributed by atoms with van der Waals surface area (Å²) < 4.78 is 10.4. The van der Waals surface area contributed by atoms with Crippen LogP contribution in [-0.2, 0) is 6.54 Å². The molecule has 0 unspecified atom stereocenters. The number of methoxy groups -OCH3 is 1. The molecule has 102 valence electrons. The van der Waals surface area contributed by atoms with E-state index in [4.69, 9.17) is 15.9 Å². The molecule has 0 fully saturated rings. The Hall–Kier alpha value is -2.60. The summed E-state index contributed by atoms with van der Waals surface area (Å²) in [6.45, 7) is 1.05. The number of benzene rings is 2. The molecule has 1 N–H and O–H groups in total. The third-order valence-electron chi connectivity index (χ3n) is 2.83. The number of hydrogen-bond acceptors (Lipinski definition) is 3. The molecule has 0 bridgehead atoms. The molecule has 0 amide bonds. The summed E-state index contributed by atoms with van der Waals surface area (Å²) in [5.74, 6) is 4.08. The van der Waals surface area contributed by atoms with Crippen molar-refractivity contribution in [2.75, 3.05) is 19.0 Å². The van der Waals surface area contributed by atoms with E-state index in [2.05, 4.69) is 11.2 Å². The summed E-state index contributed by atoms with van der Waals surface area (Å²) in [6, 6.07) is 15.7. The minimum absolute atomic E-state index is 0.295. The van der Waals surface area contributed by atoms with Crippen molar-refractivity contribution in [1.82, 2.24) is 0 Å². The molecule has 0 spiro atoms. The van der Waals surface area contributed by atoms with Crippen molar-refractivity contribution in [3.05, 3.63) is 54.1 Å². The molecule has 20 heavy (non-hydrogen) atoms. The summed E-state index contributed by atoms with van der Waals surface area (Å²) >= 11 is 0. The Balaban J connectivity index is 1.88. The largest absolute Gasteiger partial charge is 0.497 e. The second-order valence-electron chi connectivity index (χ2n) is 4.22. The fraction of sp³-hybridized carbons (Fsp3) is 0.176. The number of hydrogen-bond donors (Lipinski definition) is 1. The van der Waals surface area contributed by atoms with Crippen LogP contribution in [0.4, 0.5) is 5.69 Å². The first-order valence-corrected chi connectivity index (χ1v) is 6.35. The highest BCUT2D eigenvalue weighted by Crippen LogP contribution is 2.17. The minimum Gasteiger partial charge on any atom is -0.497 e. The van der Waals surface area contributed by atoms with E-state index in [0.29, 0.717) is 6.61 Å². The lowest BCUT2D eigenvalue weighted by Crippen LogP contribution is -1.99. The molecule has 0 saturated heterocycles. The summed E-state index contributed by atoms with van der Waals surface area (Å²) in [7, 11) is 1.66. The van der Waals surface area contributed by atoms with Crippen molar-refractivity contribution < 1.29 is 9.47 Å².